The molecule has 0 bridgehead atoms. The molecule has 0 aliphatic rings. The average Bonchev–Trinajstić information content (AvgIpc) is 2.91. The normalized spacial score (nSPS) is 10.2. The van der Waals surface area contributed by atoms with Gasteiger partial charge in [0.25, 0.3) is 0 Å². The fraction of sp³-hybridized carbons (Fsp3) is 0.143. The molecule has 2 N–H and O–H groups in total. The molecule has 110 valence electrons. The number of carboxylic acid groups (broad SMARTS) is 1. The fourth-order valence-corrected chi connectivity index (χ4v) is 2.71. The van der Waals surface area contributed by atoms with Crippen molar-refractivity contribution in [3.8, 4) is 0 Å². The van der Waals surface area contributed by atoms with Crippen LogP contribution in [0.1, 0.15) is 15.2 Å². The van der Waals surface area contributed by atoms with Crippen molar-refractivity contribution in [3.63, 3.8) is 0 Å². The first-order valence-electron chi connectivity index (χ1n) is 6.04. The molecular formula is C14H13ClN2O3S. The maximum absolute atomic E-state index is 12.0. The third-order valence-electron chi connectivity index (χ3n) is 2.77. The molecule has 5 nitrogen and oxygen atoms in total. The van der Waals surface area contributed by atoms with Crippen molar-refractivity contribution >= 4 is 40.6 Å². The van der Waals surface area contributed by atoms with E-state index in [-0.39, 0.29) is 16.6 Å². The Kier molecular flexibility index (Phi) is 4.82. The molecule has 2 rings (SSSR count). The van der Waals surface area contributed by atoms with Crippen LogP contribution in [0.15, 0.2) is 35.7 Å². The van der Waals surface area contributed by atoms with Gasteiger partial charge in [0.2, 0.25) is 0 Å². The van der Waals surface area contributed by atoms with Gasteiger partial charge in [0.05, 0.1) is 17.1 Å². The van der Waals surface area contributed by atoms with Crippen LogP contribution in [0.3, 0.4) is 0 Å². The summed E-state index contributed by atoms with van der Waals surface area (Å²) in [6.07, 6.45) is 0. The van der Waals surface area contributed by atoms with E-state index in [4.69, 9.17) is 16.7 Å². The number of hydrogen-bond acceptors (Lipinski definition) is 3. The Labute approximate surface area is 130 Å². The Balaban J connectivity index is 2.02. The monoisotopic (exact) mass is 324 g/mol. The third-order valence-corrected chi connectivity index (χ3v) is 3.94. The van der Waals surface area contributed by atoms with Crippen molar-refractivity contribution in [2.24, 2.45) is 0 Å². The Morgan fingerprint density at radius 2 is 2.14 bits per heavy atom. The van der Waals surface area contributed by atoms with Crippen molar-refractivity contribution in [1.82, 2.24) is 4.90 Å². The van der Waals surface area contributed by atoms with E-state index in [0.29, 0.717) is 12.2 Å². The van der Waals surface area contributed by atoms with Gasteiger partial charge in [-0.1, -0.05) is 17.7 Å². The third kappa shape index (κ3) is 3.96. The van der Waals surface area contributed by atoms with Crippen LogP contribution in [0.25, 0.3) is 0 Å². The Hall–Kier alpha value is -2.05. The predicted molar refractivity (Wildman–Crippen MR) is 83.2 cm³/mol. The molecule has 0 saturated heterocycles. The number of rotatable bonds is 4. The number of carbonyl (C=O) groups is 2. The Bertz CT molecular complexity index is 658. The summed E-state index contributed by atoms with van der Waals surface area (Å²) in [6.45, 7) is 0.504. The zero-order valence-corrected chi connectivity index (χ0v) is 12.7. The van der Waals surface area contributed by atoms with Crippen molar-refractivity contribution < 1.29 is 14.7 Å². The van der Waals surface area contributed by atoms with Crippen molar-refractivity contribution in [3.05, 3.63) is 51.2 Å². The summed E-state index contributed by atoms with van der Waals surface area (Å²) < 4.78 is 0. The number of hydrogen-bond donors (Lipinski definition) is 2. The number of nitrogens with zero attached hydrogens (tertiary/aromatic N) is 1. The van der Waals surface area contributed by atoms with Gasteiger partial charge in [0.1, 0.15) is 0 Å². The SMILES string of the molecule is CN(Cc1cccs1)C(=O)Nc1ccc(C(=O)O)c(Cl)c1. The smallest absolute Gasteiger partial charge is 0.337 e. The van der Waals surface area contributed by atoms with Gasteiger partial charge < -0.3 is 15.3 Å². The number of carbonyl (C=O) groups excluding carboxylic acids is 1. The van der Waals surface area contributed by atoms with Gasteiger partial charge >= 0.3 is 12.0 Å². The number of urea groups is 1. The summed E-state index contributed by atoms with van der Waals surface area (Å²) in [5, 5.41) is 13.6. The van der Waals surface area contributed by atoms with E-state index in [1.165, 1.54) is 23.1 Å². The summed E-state index contributed by atoms with van der Waals surface area (Å²) in [5.74, 6) is -1.10. The number of nitrogens with one attached hydrogen (secondary N) is 1. The number of benzene rings is 1. The number of amides is 2. The van der Waals surface area contributed by atoms with Crippen molar-refractivity contribution in [1.29, 1.82) is 0 Å². The lowest BCUT2D eigenvalue weighted by Crippen LogP contribution is -2.30. The summed E-state index contributed by atoms with van der Waals surface area (Å²) >= 11 is 7.43. The molecule has 1 aromatic carbocycles. The Morgan fingerprint density at radius 3 is 2.71 bits per heavy atom. The lowest BCUT2D eigenvalue weighted by Gasteiger charge is -2.17. The van der Waals surface area contributed by atoms with Crippen LogP contribution < -0.4 is 5.32 Å². The van der Waals surface area contributed by atoms with Crippen LogP contribution in [-0.2, 0) is 6.54 Å². The van der Waals surface area contributed by atoms with Crippen LogP contribution in [0.4, 0.5) is 10.5 Å². The molecule has 1 heterocycles. The zero-order valence-electron chi connectivity index (χ0n) is 11.2. The molecule has 2 amide bonds. The predicted octanol–water partition coefficient (Wildman–Crippen LogP) is 3.76. The fourth-order valence-electron chi connectivity index (χ4n) is 1.69. The second-order valence-electron chi connectivity index (χ2n) is 4.37. The second-order valence-corrected chi connectivity index (χ2v) is 5.80. The van der Waals surface area contributed by atoms with Crippen LogP contribution >= 0.6 is 22.9 Å². The molecule has 0 unspecified atom stereocenters. The molecule has 0 aliphatic carbocycles. The maximum atomic E-state index is 12.0. The lowest BCUT2D eigenvalue weighted by atomic mass is 10.2. The van der Waals surface area contributed by atoms with E-state index in [1.807, 2.05) is 17.5 Å². The van der Waals surface area contributed by atoms with Crippen LogP contribution in [0.5, 0.6) is 0 Å². The molecule has 21 heavy (non-hydrogen) atoms. The minimum absolute atomic E-state index is 0.00149. The van der Waals surface area contributed by atoms with Gasteiger partial charge in [-0.15, -0.1) is 11.3 Å². The quantitative estimate of drug-likeness (QED) is 0.899. The van der Waals surface area contributed by atoms with Crippen molar-refractivity contribution in [2.75, 3.05) is 12.4 Å². The standard InChI is InChI=1S/C14H13ClN2O3S/c1-17(8-10-3-2-6-21-10)14(20)16-9-4-5-11(13(18)19)12(15)7-9/h2-7H,8H2,1H3,(H,16,20)(H,18,19). The van der Waals surface area contributed by atoms with Gasteiger partial charge in [-0.2, -0.15) is 0 Å². The number of thiophene rings is 1. The number of aromatic carboxylic acids is 1. The minimum Gasteiger partial charge on any atom is -0.478 e. The molecule has 2 aromatic rings. The van der Waals surface area contributed by atoms with E-state index < -0.39 is 5.97 Å². The number of halogens is 1. The lowest BCUT2D eigenvalue weighted by molar-refractivity contribution is 0.0697. The molecule has 0 fully saturated rings. The first-order chi connectivity index (χ1) is 9.97. The summed E-state index contributed by atoms with van der Waals surface area (Å²) in [6, 6.07) is 7.87. The van der Waals surface area contributed by atoms with Crippen LogP contribution in [-0.4, -0.2) is 29.1 Å². The maximum Gasteiger partial charge on any atom is 0.337 e. The highest BCUT2D eigenvalue weighted by atomic mass is 35.5. The molecule has 0 radical (unpaired) electrons. The summed E-state index contributed by atoms with van der Waals surface area (Å²) in [4.78, 5) is 25.5. The molecule has 0 atom stereocenters. The van der Waals surface area contributed by atoms with Gasteiger partial charge in [0, 0.05) is 17.6 Å². The largest absolute Gasteiger partial charge is 0.478 e. The van der Waals surface area contributed by atoms with Crippen LogP contribution in [0.2, 0.25) is 5.02 Å². The molecule has 0 aliphatic heterocycles. The van der Waals surface area contributed by atoms with E-state index in [0.717, 1.165) is 4.88 Å². The number of carboxylic acids is 1. The van der Waals surface area contributed by atoms with Crippen LogP contribution in [0, 0.1) is 0 Å². The van der Waals surface area contributed by atoms with E-state index >= 15 is 0 Å². The number of anilines is 1. The van der Waals surface area contributed by atoms with Gasteiger partial charge in [0.15, 0.2) is 0 Å². The topological polar surface area (TPSA) is 69.6 Å². The molecule has 0 saturated carbocycles. The average molecular weight is 325 g/mol. The van der Waals surface area contributed by atoms with E-state index in [9.17, 15) is 9.59 Å². The molecule has 1 aromatic heterocycles. The first kappa shape index (κ1) is 15.3. The van der Waals surface area contributed by atoms with Gasteiger partial charge in [-0.05, 0) is 29.6 Å². The van der Waals surface area contributed by atoms with Gasteiger partial charge in [-0.25, -0.2) is 9.59 Å². The Morgan fingerprint density at radius 1 is 1.38 bits per heavy atom. The molecular weight excluding hydrogens is 312 g/mol. The minimum atomic E-state index is -1.10. The van der Waals surface area contributed by atoms with E-state index in [1.54, 1.807) is 18.4 Å². The summed E-state index contributed by atoms with van der Waals surface area (Å²) in [5.41, 5.74) is 0.453. The molecule has 7 heteroatoms. The van der Waals surface area contributed by atoms with Gasteiger partial charge in [-0.3, -0.25) is 0 Å². The highest BCUT2D eigenvalue weighted by Crippen LogP contribution is 2.21. The second kappa shape index (κ2) is 6.60. The first-order valence-corrected chi connectivity index (χ1v) is 7.30. The van der Waals surface area contributed by atoms with E-state index in [2.05, 4.69) is 5.32 Å². The van der Waals surface area contributed by atoms with Crippen molar-refractivity contribution in [2.45, 2.75) is 6.54 Å². The highest BCUT2D eigenvalue weighted by Gasteiger charge is 2.13. The highest BCUT2D eigenvalue weighted by molar-refractivity contribution is 7.09. The zero-order chi connectivity index (χ0) is 15.4. The summed E-state index contributed by atoms with van der Waals surface area (Å²) in [7, 11) is 1.68. The molecule has 0 spiro atoms.